The van der Waals surface area contributed by atoms with Crippen LogP contribution in [0.25, 0.3) is 10.4 Å². The molecule has 3 rings (SSSR count). The van der Waals surface area contributed by atoms with Gasteiger partial charge in [-0.3, -0.25) is 0 Å². The molecule has 0 aliphatic carbocycles. The summed E-state index contributed by atoms with van der Waals surface area (Å²) in [7, 11) is 0. The lowest BCUT2D eigenvalue weighted by atomic mass is 10.00. The summed E-state index contributed by atoms with van der Waals surface area (Å²) in [6, 6.07) is -0.476. The first-order chi connectivity index (χ1) is 7.61. The van der Waals surface area contributed by atoms with E-state index in [4.69, 9.17) is 24.5 Å². The van der Waals surface area contributed by atoms with E-state index in [2.05, 4.69) is 10.0 Å². The number of rotatable bonds is 1. The maximum atomic E-state index is 8.55. The molecule has 2 bridgehead atoms. The third kappa shape index (κ3) is 1.41. The normalized spacial score (nSPS) is 48.5. The molecule has 0 amide bonds. The average molecular weight is 227 g/mol. The fourth-order valence-electron chi connectivity index (χ4n) is 2.50. The number of fused-ring (bicyclic) bond motifs is 4. The van der Waals surface area contributed by atoms with Gasteiger partial charge in [-0.05, 0) is 19.4 Å². The fraction of sp³-hybridized carbons (Fsp3) is 1.00. The van der Waals surface area contributed by atoms with Crippen molar-refractivity contribution < 1.29 is 18.9 Å². The second kappa shape index (κ2) is 3.32. The number of hydrogen-bond acceptors (Lipinski definition) is 5. The lowest BCUT2D eigenvalue weighted by molar-refractivity contribution is -0.151. The lowest BCUT2D eigenvalue weighted by Crippen LogP contribution is -2.51. The van der Waals surface area contributed by atoms with Crippen molar-refractivity contribution in [1.29, 1.82) is 0 Å². The van der Waals surface area contributed by atoms with Gasteiger partial charge in [-0.1, -0.05) is 5.11 Å². The summed E-state index contributed by atoms with van der Waals surface area (Å²) in [5.74, 6) is -0.660. The van der Waals surface area contributed by atoms with Gasteiger partial charge >= 0.3 is 0 Å². The molecule has 7 nitrogen and oxygen atoms in total. The van der Waals surface area contributed by atoms with Gasteiger partial charge in [0.15, 0.2) is 12.1 Å². The van der Waals surface area contributed by atoms with Crippen molar-refractivity contribution in [2.45, 2.75) is 50.3 Å². The van der Waals surface area contributed by atoms with Gasteiger partial charge in [0.05, 0.1) is 6.61 Å². The molecule has 0 unspecified atom stereocenters. The average Bonchev–Trinajstić information content (AvgIpc) is 2.75. The van der Waals surface area contributed by atoms with E-state index >= 15 is 0 Å². The first-order valence-corrected chi connectivity index (χ1v) is 5.28. The van der Waals surface area contributed by atoms with Gasteiger partial charge in [0.2, 0.25) is 0 Å². The van der Waals surface area contributed by atoms with E-state index in [9.17, 15) is 0 Å². The molecular formula is C9H13N3O4. The summed E-state index contributed by atoms with van der Waals surface area (Å²) in [6.45, 7) is 4.14. The van der Waals surface area contributed by atoms with Crippen molar-refractivity contribution in [3.63, 3.8) is 0 Å². The second-order valence-corrected chi connectivity index (χ2v) is 4.64. The van der Waals surface area contributed by atoms with Crippen molar-refractivity contribution in [2.75, 3.05) is 6.61 Å². The van der Waals surface area contributed by atoms with Crippen LogP contribution in [0.1, 0.15) is 13.8 Å². The van der Waals surface area contributed by atoms with E-state index in [1.165, 1.54) is 0 Å². The molecule has 0 saturated carbocycles. The molecule has 0 aromatic carbocycles. The Morgan fingerprint density at radius 1 is 1.31 bits per heavy atom. The van der Waals surface area contributed by atoms with E-state index in [0.29, 0.717) is 6.61 Å². The minimum Gasteiger partial charge on any atom is -0.349 e. The molecule has 7 heteroatoms. The summed E-state index contributed by atoms with van der Waals surface area (Å²) in [6.07, 6.45) is -1.12. The Labute approximate surface area is 92.2 Å². The first kappa shape index (κ1) is 10.3. The molecular weight excluding hydrogens is 214 g/mol. The van der Waals surface area contributed by atoms with Gasteiger partial charge in [0, 0.05) is 4.91 Å². The molecule has 3 fully saturated rings. The van der Waals surface area contributed by atoms with Crippen molar-refractivity contribution >= 4 is 0 Å². The van der Waals surface area contributed by atoms with Crippen molar-refractivity contribution in [1.82, 2.24) is 0 Å². The minimum absolute atomic E-state index is 0.123. The van der Waals surface area contributed by atoms with Crippen molar-refractivity contribution in [2.24, 2.45) is 5.11 Å². The van der Waals surface area contributed by atoms with Crippen LogP contribution < -0.4 is 0 Å². The maximum absolute atomic E-state index is 8.55. The topological polar surface area (TPSA) is 85.7 Å². The fourth-order valence-corrected chi connectivity index (χ4v) is 2.50. The van der Waals surface area contributed by atoms with Crippen LogP contribution in [0.2, 0.25) is 0 Å². The maximum Gasteiger partial charge on any atom is 0.169 e. The van der Waals surface area contributed by atoms with Crippen LogP contribution in [-0.2, 0) is 18.9 Å². The summed E-state index contributed by atoms with van der Waals surface area (Å²) < 4.78 is 22.5. The van der Waals surface area contributed by atoms with Crippen LogP contribution in [0.4, 0.5) is 0 Å². The lowest BCUT2D eigenvalue weighted by Gasteiger charge is -2.32. The van der Waals surface area contributed by atoms with Gasteiger partial charge < -0.3 is 18.9 Å². The van der Waals surface area contributed by atoms with Crippen LogP contribution >= 0.6 is 0 Å². The van der Waals surface area contributed by atoms with Gasteiger partial charge in [0.1, 0.15) is 24.4 Å². The van der Waals surface area contributed by atoms with E-state index < -0.39 is 18.1 Å². The molecule has 88 valence electrons. The minimum atomic E-state index is -0.660. The summed E-state index contributed by atoms with van der Waals surface area (Å²) >= 11 is 0. The molecule has 0 radical (unpaired) electrons. The van der Waals surface area contributed by atoms with Crippen molar-refractivity contribution in [3.8, 4) is 0 Å². The highest BCUT2D eigenvalue weighted by Crippen LogP contribution is 2.41. The predicted octanol–water partition coefficient (Wildman–Crippen LogP) is 0.941. The van der Waals surface area contributed by atoms with Gasteiger partial charge in [-0.2, -0.15) is 0 Å². The van der Waals surface area contributed by atoms with Gasteiger partial charge in [-0.15, -0.1) is 0 Å². The molecule has 3 heterocycles. The Hall–Kier alpha value is -0.850. The van der Waals surface area contributed by atoms with E-state index in [0.717, 1.165) is 0 Å². The van der Waals surface area contributed by atoms with Crippen LogP contribution in [-0.4, -0.2) is 43.0 Å². The Kier molecular flexibility index (Phi) is 2.14. The van der Waals surface area contributed by atoms with E-state index in [1.54, 1.807) is 0 Å². The monoisotopic (exact) mass is 227 g/mol. The summed E-state index contributed by atoms with van der Waals surface area (Å²) in [5, 5.41) is 3.70. The Morgan fingerprint density at radius 2 is 2.06 bits per heavy atom. The standard InChI is InChI=1S/C9H13N3O4/c1-9(2)15-6-4-3-13-8(14-4)5(11-12-10)7(6)16-9/h4-8H,3H2,1-2H3/t4-,5-,6+,7-,8-/m1/s1. The zero-order valence-electron chi connectivity index (χ0n) is 9.07. The number of azide groups is 1. The Balaban J connectivity index is 1.92. The van der Waals surface area contributed by atoms with Crippen LogP contribution in [0, 0.1) is 0 Å². The molecule has 3 saturated heterocycles. The second-order valence-electron chi connectivity index (χ2n) is 4.64. The molecule has 16 heavy (non-hydrogen) atoms. The number of nitrogens with zero attached hydrogens (tertiary/aromatic N) is 3. The largest absolute Gasteiger partial charge is 0.349 e. The highest BCUT2D eigenvalue weighted by Gasteiger charge is 2.58. The molecule has 3 aliphatic rings. The van der Waals surface area contributed by atoms with Crippen molar-refractivity contribution in [3.05, 3.63) is 10.4 Å². The van der Waals surface area contributed by atoms with Crippen LogP contribution in [0.15, 0.2) is 5.11 Å². The smallest absolute Gasteiger partial charge is 0.169 e. The Bertz CT molecular complexity index is 355. The highest BCUT2D eigenvalue weighted by molar-refractivity contribution is 5.02. The van der Waals surface area contributed by atoms with Gasteiger partial charge in [0.25, 0.3) is 0 Å². The quantitative estimate of drug-likeness (QED) is 0.379. The molecule has 0 spiro atoms. The van der Waals surface area contributed by atoms with E-state index in [1.807, 2.05) is 13.8 Å². The summed E-state index contributed by atoms with van der Waals surface area (Å²) in [5.41, 5.74) is 8.55. The zero-order chi connectivity index (χ0) is 11.3. The number of hydrogen-bond donors (Lipinski definition) is 0. The summed E-state index contributed by atoms with van der Waals surface area (Å²) in [4.78, 5) is 2.81. The molecule has 3 aliphatic heterocycles. The molecule has 0 aromatic rings. The molecule has 0 aromatic heterocycles. The van der Waals surface area contributed by atoms with Gasteiger partial charge in [-0.25, -0.2) is 0 Å². The number of ether oxygens (including phenoxy) is 4. The SMILES string of the molecule is CC1(C)O[C@@H]2[C@@H](N=[N+]=[N-])[C@@H]3OC[C@@H](O3)[C@@H]2O1. The third-order valence-electron chi connectivity index (χ3n) is 3.06. The molecule has 0 N–H and O–H groups in total. The van der Waals surface area contributed by atoms with Crippen LogP contribution in [0.5, 0.6) is 0 Å². The predicted molar refractivity (Wildman–Crippen MR) is 51.4 cm³/mol. The Morgan fingerprint density at radius 3 is 2.81 bits per heavy atom. The zero-order valence-corrected chi connectivity index (χ0v) is 9.07. The highest BCUT2D eigenvalue weighted by atomic mass is 16.8. The van der Waals surface area contributed by atoms with E-state index in [-0.39, 0.29) is 18.3 Å². The molecule has 5 atom stereocenters. The first-order valence-electron chi connectivity index (χ1n) is 5.28. The third-order valence-corrected chi connectivity index (χ3v) is 3.06. The van der Waals surface area contributed by atoms with Crippen LogP contribution in [0.3, 0.4) is 0 Å².